The van der Waals surface area contributed by atoms with E-state index in [0.717, 1.165) is 23.5 Å². The minimum atomic E-state index is -0.567. The Bertz CT molecular complexity index is 1020. The molecule has 31 heavy (non-hydrogen) atoms. The van der Waals surface area contributed by atoms with E-state index in [-0.39, 0.29) is 17.7 Å². The Balaban J connectivity index is 1.38. The van der Waals surface area contributed by atoms with Crippen molar-refractivity contribution in [2.75, 3.05) is 29.2 Å². The fraction of sp³-hybridized carbons (Fsp3) is 0.348. The predicted molar refractivity (Wildman–Crippen MR) is 122 cm³/mol. The molecule has 0 saturated heterocycles. The van der Waals surface area contributed by atoms with Gasteiger partial charge in [0, 0.05) is 18.5 Å². The van der Waals surface area contributed by atoms with Crippen LogP contribution in [0.15, 0.2) is 36.4 Å². The van der Waals surface area contributed by atoms with Crippen LogP contribution in [0.5, 0.6) is 5.75 Å². The maximum atomic E-state index is 12.6. The molecule has 3 N–H and O–H groups in total. The van der Waals surface area contributed by atoms with Gasteiger partial charge in [0.1, 0.15) is 11.8 Å². The highest BCUT2D eigenvalue weighted by molar-refractivity contribution is 7.98. The molecule has 0 aromatic heterocycles. The summed E-state index contributed by atoms with van der Waals surface area (Å²) in [5.74, 6) is 1.02. The third-order valence-electron chi connectivity index (χ3n) is 5.43. The predicted octanol–water partition coefficient (Wildman–Crippen LogP) is 3.00. The smallest absolute Gasteiger partial charge is 0.254 e. The Morgan fingerprint density at radius 1 is 1.23 bits per heavy atom. The van der Waals surface area contributed by atoms with Gasteiger partial charge < -0.3 is 20.7 Å². The first-order valence-electron chi connectivity index (χ1n) is 10.3. The van der Waals surface area contributed by atoms with Crippen LogP contribution in [0.2, 0.25) is 0 Å². The summed E-state index contributed by atoms with van der Waals surface area (Å²) >= 11 is 1.62. The van der Waals surface area contributed by atoms with E-state index in [9.17, 15) is 14.4 Å². The average molecular weight is 440 g/mol. The van der Waals surface area contributed by atoms with Gasteiger partial charge in [-0.1, -0.05) is 12.1 Å². The molecular formula is C23H25N3O4S. The van der Waals surface area contributed by atoms with Crippen LogP contribution in [0.3, 0.4) is 0 Å². The zero-order chi connectivity index (χ0) is 21.8. The molecule has 2 aliphatic rings. The molecule has 0 saturated carbocycles. The summed E-state index contributed by atoms with van der Waals surface area (Å²) in [5.41, 5.74) is 3.61. The quantitative estimate of drug-likeness (QED) is 0.616. The highest BCUT2D eigenvalue weighted by Gasteiger charge is 2.27. The van der Waals surface area contributed by atoms with Gasteiger partial charge in [-0.2, -0.15) is 11.8 Å². The molecule has 2 aliphatic heterocycles. The van der Waals surface area contributed by atoms with Crippen LogP contribution in [-0.4, -0.2) is 42.4 Å². The van der Waals surface area contributed by atoms with E-state index < -0.39 is 6.04 Å². The van der Waals surface area contributed by atoms with Crippen molar-refractivity contribution in [3.05, 3.63) is 53.1 Å². The summed E-state index contributed by atoms with van der Waals surface area (Å²) < 4.78 is 5.51. The van der Waals surface area contributed by atoms with Crippen molar-refractivity contribution >= 4 is 40.9 Å². The number of amides is 3. The molecule has 0 spiro atoms. The number of rotatable bonds is 7. The Kier molecular flexibility index (Phi) is 6.46. The molecule has 7 nitrogen and oxygen atoms in total. The Hall–Kier alpha value is -3.00. The van der Waals surface area contributed by atoms with Crippen molar-refractivity contribution in [3.63, 3.8) is 0 Å². The van der Waals surface area contributed by atoms with Crippen molar-refractivity contribution in [2.24, 2.45) is 0 Å². The highest BCUT2D eigenvalue weighted by atomic mass is 32.2. The highest BCUT2D eigenvalue weighted by Crippen LogP contribution is 2.27. The van der Waals surface area contributed by atoms with E-state index in [1.807, 2.05) is 18.4 Å². The number of anilines is 2. The number of carbonyl (C=O) groups is 3. The number of ether oxygens (including phenoxy) is 1. The molecule has 1 atom stereocenters. The van der Waals surface area contributed by atoms with Crippen molar-refractivity contribution in [2.45, 2.75) is 31.7 Å². The molecule has 2 aromatic carbocycles. The number of carbonyl (C=O) groups excluding carboxylic acids is 3. The largest absolute Gasteiger partial charge is 0.493 e. The first-order chi connectivity index (χ1) is 15.0. The number of thioether (sulfide) groups is 1. The van der Waals surface area contributed by atoms with Gasteiger partial charge >= 0.3 is 0 Å². The Labute approximate surface area is 185 Å². The minimum absolute atomic E-state index is 0.132. The molecular weight excluding hydrogens is 414 g/mol. The van der Waals surface area contributed by atoms with Gasteiger partial charge in [-0.25, -0.2) is 0 Å². The van der Waals surface area contributed by atoms with E-state index in [4.69, 9.17) is 4.74 Å². The summed E-state index contributed by atoms with van der Waals surface area (Å²) in [6.07, 6.45) is 4.37. The SMILES string of the molecule is CSCCC1NC(=O)c2cc(NC(=O)CCc3ccc4c(c3)CCO4)ccc2NC1=O. The van der Waals surface area contributed by atoms with Crippen LogP contribution >= 0.6 is 11.8 Å². The number of hydrogen-bond acceptors (Lipinski definition) is 5. The standard InChI is InChI=1S/C23H25N3O4S/c1-31-11-9-19-23(29)25-18-5-4-16(13-17(18)22(28)26-19)24-21(27)7-3-14-2-6-20-15(12-14)8-10-30-20/h2,4-6,12-13,19H,3,7-11H2,1H3,(H,24,27)(H,25,29)(H,26,28). The molecule has 0 aliphatic carbocycles. The minimum Gasteiger partial charge on any atom is -0.493 e. The summed E-state index contributed by atoms with van der Waals surface area (Å²) in [7, 11) is 0. The zero-order valence-corrected chi connectivity index (χ0v) is 18.1. The summed E-state index contributed by atoms with van der Waals surface area (Å²) in [5, 5.41) is 8.44. The molecule has 0 bridgehead atoms. The monoisotopic (exact) mass is 439 g/mol. The zero-order valence-electron chi connectivity index (χ0n) is 17.3. The topological polar surface area (TPSA) is 96.5 Å². The molecule has 1 unspecified atom stereocenters. The maximum absolute atomic E-state index is 12.6. The van der Waals surface area contributed by atoms with Gasteiger partial charge in [-0.05, 0) is 60.2 Å². The van der Waals surface area contributed by atoms with Crippen LogP contribution in [0.4, 0.5) is 11.4 Å². The van der Waals surface area contributed by atoms with Crippen molar-refractivity contribution in [3.8, 4) is 5.75 Å². The van der Waals surface area contributed by atoms with Gasteiger partial charge in [0.05, 0.1) is 17.9 Å². The second kappa shape index (κ2) is 9.43. The Morgan fingerprint density at radius 2 is 2.10 bits per heavy atom. The normalized spacial score (nSPS) is 17.0. The van der Waals surface area contributed by atoms with Crippen LogP contribution in [0.25, 0.3) is 0 Å². The maximum Gasteiger partial charge on any atom is 0.254 e. The molecule has 2 aromatic rings. The molecule has 8 heteroatoms. The van der Waals surface area contributed by atoms with Gasteiger partial charge in [0.15, 0.2) is 0 Å². The fourth-order valence-electron chi connectivity index (χ4n) is 3.76. The van der Waals surface area contributed by atoms with E-state index in [1.54, 1.807) is 30.0 Å². The van der Waals surface area contributed by atoms with Crippen molar-refractivity contribution in [1.29, 1.82) is 0 Å². The third-order valence-corrected chi connectivity index (χ3v) is 6.08. The molecule has 0 radical (unpaired) electrons. The number of hydrogen-bond donors (Lipinski definition) is 3. The lowest BCUT2D eigenvalue weighted by atomic mass is 10.0. The molecule has 162 valence electrons. The third kappa shape index (κ3) is 5.02. The summed E-state index contributed by atoms with van der Waals surface area (Å²) in [6, 6.07) is 10.4. The Morgan fingerprint density at radius 3 is 2.94 bits per heavy atom. The van der Waals surface area contributed by atoms with Crippen molar-refractivity contribution in [1.82, 2.24) is 5.32 Å². The lowest BCUT2D eigenvalue weighted by molar-refractivity contribution is -0.118. The van der Waals surface area contributed by atoms with Crippen LogP contribution in [-0.2, 0) is 22.4 Å². The summed E-state index contributed by atoms with van der Waals surface area (Å²) in [4.78, 5) is 37.5. The first-order valence-corrected chi connectivity index (χ1v) is 11.7. The van der Waals surface area contributed by atoms with Crippen LogP contribution in [0, 0.1) is 0 Å². The van der Waals surface area contributed by atoms with Gasteiger partial charge in [-0.3, -0.25) is 14.4 Å². The second-order valence-corrected chi connectivity index (χ2v) is 8.63. The molecule has 3 amide bonds. The van der Waals surface area contributed by atoms with Crippen LogP contribution in [0.1, 0.15) is 34.3 Å². The van der Waals surface area contributed by atoms with E-state index >= 15 is 0 Å². The second-order valence-electron chi connectivity index (χ2n) is 7.65. The van der Waals surface area contributed by atoms with Gasteiger partial charge in [0.25, 0.3) is 5.91 Å². The summed E-state index contributed by atoms with van der Waals surface area (Å²) in [6.45, 7) is 0.712. The number of benzene rings is 2. The van der Waals surface area contributed by atoms with Crippen LogP contribution < -0.4 is 20.7 Å². The van der Waals surface area contributed by atoms with E-state index in [1.165, 1.54) is 5.56 Å². The number of nitrogens with one attached hydrogen (secondary N) is 3. The number of fused-ring (bicyclic) bond motifs is 2. The lowest BCUT2D eigenvalue weighted by Crippen LogP contribution is -2.41. The van der Waals surface area contributed by atoms with Gasteiger partial charge in [0.2, 0.25) is 11.8 Å². The molecule has 4 rings (SSSR count). The average Bonchev–Trinajstić information content (AvgIpc) is 3.19. The first kappa shape index (κ1) is 21.2. The lowest BCUT2D eigenvalue weighted by Gasteiger charge is -2.13. The van der Waals surface area contributed by atoms with E-state index in [0.29, 0.717) is 42.8 Å². The van der Waals surface area contributed by atoms with E-state index in [2.05, 4.69) is 22.0 Å². The molecule has 2 heterocycles. The molecule has 0 fully saturated rings. The number of aryl methyl sites for hydroxylation is 1. The fourth-order valence-corrected chi connectivity index (χ4v) is 4.23. The van der Waals surface area contributed by atoms with Crippen molar-refractivity contribution < 1.29 is 19.1 Å². The van der Waals surface area contributed by atoms with Gasteiger partial charge in [-0.15, -0.1) is 0 Å².